The summed E-state index contributed by atoms with van der Waals surface area (Å²) >= 11 is 0. The second-order valence-electron chi connectivity index (χ2n) is 5.50. The molecular formula is C18H18O3S. The van der Waals surface area contributed by atoms with Crippen LogP contribution in [0, 0.1) is 0 Å². The van der Waals surface area contributed by atoms with Gasteiger partial charge in [0.15, 0.2) is 0 Å². The third kappa shape index (κ3) is 2.85. The predicted molar refractivity (Wildman–Crippen MR) is 86.1 cm³/mol. The Morgan fingerprint density at radius 2 is 1.45 bits per heavy atom. The van der Waals surface area contributed by atoms with Crippen molar-refractivity contribution in [3.8, 4) is 0 Å². The van der Waals surface area contributed by atoms with Crippen LogP contribution in [0.4, 0.5) is 0 Å². The molecule has 0 fully saturated rings. The standard InChI is InChI=1S/C18H18O3S/c19-17-12-11-15(14-7-3-1-4-8-14)13-18(17)22(20,21)16-9-5-2-6-10-16/h1-10,13,15,17,19H,11-12H2/t15-,17-/m1/s1. The molecule has 4 heteroatoms. The fourth-order valence-corrected chi connectivity index (χ4v) is 4.45. The van der Waals surface area contributed by atoms with Crippen LogP contribution in [0.3, 0.4) is 0 Å². The summed E-state index contributed by atoms with van der Waals surface area (Å²) in [6.45, 7) is 0. The molecule has 3 nitrogen and oxygen atoms in total. The molecule has 0 amide bonds. The monoisotopic (exact) mass is 314 g/mol. The van der Waals surface area contributed by atoms with Gasteiger partial charge in [0, 0.05) is 5.92 Å². The first-order chi connectivity index (χ1) is 10.6. The molecule has 0 heterocycles. The van der Waals surface area contributed by atoms with Crippen molar-refractivity contribution in [3.05, 3.63) is 77.2 Å². The predicted octanol–water partition coefficient (Wildman–Crippen LogP) is 3.28. The summed E-state index contributed by atoms with van der Waals surface area (Å²) in [5.74, 6) is 0.0260. The fraction of sp³-hybridized carbons (Fsp3) is 0.222. The highest BCUT2D eigenvalue weighted by atomic mass is 32.2. The molecule has 1 aliphatic carbocycles. The van der Waals surface area contributed by atoms with Crippen molar-refractivity contribution in [1.82, 2.24) is 0 Å². The highest BCUT2D eigenvalue weighted by molar-refractivity contribution is 7.95. The molecule has 0 spiro atoms. The number of rotatable bonds is 3. The van der Waals surface area contributed by atoms with E-state index < -0.39 is 15.9 Å². The van der Waals surface area contributed by atoms with Gasteiger partial charge in [-0.1, -0.05) is 54.6 Å². The van der Waals surface area contributed by atoms with Crippen molar-refractivity contribution < 1.29 is 13.5 Å². The summed E-state index contributed by atoms with van der Waals surface area (Å²) in [7, 11) is -3.64. The van der Waals surface area contributed by atoms with Crippen molar-refractivity contribution in [2.24, 2.45) is 0 Å². The van der Waals surface area contributed by atoms with E-state index in [0.717, 1.165) is 12.0 Å². The number of aliphatic hydroxyl groups is 1. The van der Waals surface area contributed by atoms with Gasteiger partial charge >= 0.3 is 0 Å². The number of hydrogen-bond acceptors (Lipinski definition) is 3. The van der Waals surface area contributed by atoms with Gasteiger partial charge in [0.25, 0.3) is 0 Å². The van der Waals surface area contributed by atoms with Crippen LogP contribution in [-0.2, 0) is 9.84 Å². The second-order valence-corrected chi connectivity index (χ2v) is 7.45. The summed E-state index contributed by atoms with van der Waals surface area (Å²) in [6, 6.07) is 18.1. The number of aliphatic hydroxyl groups excluding tert-OH is 1. The van der Waals surface area contributed by atoms with Crippen LogP contribution in [0.5, 0.6) is 0 Å². The quantitative estimate of drug-likeness (QED) is 0.946. The third-order valence-electron chi connectivity index (χ3n) is 4.04. The van der Waals surface area contributed by atoms with Crippen LogP contribution in [0.1, 0.15) is 24.3 Å². The maximum absolute atomic E-state index is 12.7. The Morgan fingerprint density at radius 3 is 2.09 bits per heavy atom. The minimum Gasteiger partial charge on any atom is -0.388 e. The van der Waals surface area contributed by atoms with Crippen molar-refractivity contribution in [2.75, 3.05) is 0 Å². The van der Waals surface area contributed by atoms with Gasteiger partial charge in [-0.05, 0) is 30.5 Å². The highest BCUT2D eigenvalue weighted by Gasteiger charge is 2.31. The summed E-state index contributed by atoms with van der Waals surface area (Å²) in [6.07, 6.45) is 1.99. The van der Waals surface area contributed by atoms with E-state index in [0.29, 0.717) is 6.42 Å². The van der Waals surface area contributed by atoms with Gasteiger partial charge in [-0.15, -0.1) is 0 Å². The topological polar surface area (TPSA) is 54.4 Å². The van der Waals surface area contributed by atoms with Gasteiger partial charge in [0.1, 0.15) is 0 Å². The molecule has 0 unspecified atom stereocenters. The Labute approximate surface area is 130 Å². The smallest absolute Gasteiger partial charge is 0.205 e. The van der Waals surface area contributed by atoms with Crippen LogP contribution in [0.2, 0.25) is 0 Å². The lowest BCUT2D eigenvalue weighted by molar-refractivity contribution is 0.195. The van der Waals surface area contributed by atoms with Gasteiger partial charge in [-0.2, -0.15) is 0 Å². The van der Waals surface area contributed by atoms with Crippen molar-refractivity contribution in [1.29, 1.82) is 0 Å². The Hall–Kier alpha value is -1.91. The van der Waals surface area contributed by atoms with Gasteiger partial charge in [-0.3, -0.25) is 0 Å². The average Bonchev–Trinajstić information content (AvgIpc) is 2.57. The zero-order chi connectivity index (χ0) is 15.6. The molecule has 0 aliphatic heterocycles. The molecule has 1 N–H and O–H groups in total. The lowest BCUT2D eigenvalue weighted by atomic mass is 9.88. The summed E-state index contributed by atoms with van der Waals surface area (Å²) in [5, 5.41) is 10.2. The number of hydrogen-bond donors (Lipinski definition) is 1. The molecule has 1 aliphatic rings. The van der Waals surface area contributed by atoms with Gasteiger partial charge in [-0.25, -0.2) is 8.42 Å². The molecule has 3 rings (SSSR count). The molecule has 0 saturated carbocycles. The first-order valence-electron chi connectivity index (χ1n) is 7.34. The van der Waals surface area contributed by atoms with Crippen LogP contribution in [-0.4, -0.2) is 19.6 Å². The van der Waals surface area contributed by atoms with Gasteiger partial charge < -0.3 is 5.11 Å². The maximum atomic E-state index is 12.7. The normalized spacial score (nSPS) is 22.1. The summed E-state index contributed by atoms with van der Waals surface area (Å²) in [5.41, 5.74) is 1.08. The second kappa shape index (κ2) is 6.07. The molecule has 0 saturated heterocycles. The lowest BCUT2D eigenvalue weighted by Crippen LogP contribution is -2.24. The molecule has 2 aromatic rings. The van der Waals surface area contributed by atoms with Gasteiger partial charge in [0.2, 0.25) is 9.84 Å². The first-order valence-corrected chi connectivity index (χ1v) is 8.82. The van der Waals surface area contributed by atoms with E-state index in [2.05, 4.69) is 0 Å². The average molecular weight is 314 g/mol. The third-order valence-corrected chi connectivity index (χ3v) is 5.96. The SMILES string of the molecule is O=S(=O)(C1=C[C@H](c2ccccc2)CC[C@H]1O)c1ccccc1. The Balaban J connectivity index is 2.02. The molecule has 0 radical (unpaired) electrons. The lowest BCUT2D eigenvalue weighted by Gasteiger charge is -2.25. The fourth-order valence-electron chi connectivity index (χ4n) is 2.84. The van der Waals surface area contributed by atoms with E-state index in [4.69, 9.17) is 0 Å². The van der Waals surface area contributed by atoms with Gasteiger partial charge in [0.05, 0.1) is 15.9 Å². The minimum atomic E-state index is -3.64. The molecule has 114 valence electrons. The highest BCUT2D eigenvalue weighted by Crippen LogP contribution is 2.35. The largest absolute Gasteiger partial charge is 0.388 e. The van der Waals surface area contributed by atoms with E-state index in [1.807, 2.05) is 30.3 Å². The minimum absolute atomic E-state index is 0.0260. The molecule has 0 aromatic heterocycles. The molecule has 0 bridgehead atoms. The van der Waals surface area contributed by atoms with E-state index in [1.165, 1.54) is 0 Å². The van der Waals surface area contributed by atoms with Crippen LogP contribution < -0.4 is 0 Å². The molecular weight excluding hydrogens is 296 g/mol. The summed E-state index contributed by atoms with van der Waals surface area (Å²) in [4.78, 5) is 0.354. The molecule has 22 heavy (non-hydrogen) atoms. The van der Waals surface area contributed by atoms with Crippen LogP contribution >= 0.6 is 0 Å². The Bertz CT molecular complexity index is 764. The number of allylic oxidation sites excluding steroid dienone is 1. The first kappa shape index (κ1) is 15.0. The van der Waals surface area contributed by atoms with Crippen molar-refractivity contribution in [2.45, 2.75) is 29.8 Å². The van der Waals surface area contributed by atoms with E-state index in [1.54, 1.807) is 36.4 Å². The van der Waals surface area contributed by atoms with E-state index in [9.17, 15) is 13.5 Å². The van der Waals surface area contributed by atoms with E-state index >= 15 is 0 Å². The zero-order valence-corrected chi connectivity index (χ0v) is 12.9. The summed E-state index contributed by atoms with van der Waals surface area (Å²) < 4.78 is 25.5. The number of benzene rings is 2. The maximum Gasteiger partial charge on any atom is 0.205 e. The Kier molecular flexibility index (Phi) is 4.14. The number of sulfone groups is 1. The molecule has 2 aromatic carbocycles. The van der Waals surface area contributed by atoms with Crippen molar-refractivity contribution >= 4 is 9.84 Å². The zero-order valence-electron chi connectivity index (χ0n) is 12.1. The van der Waals surface area contributed by atoms with Crippen LogP contribution in [0.25, 0.3) is 0 Å². The Morgan fingerprint density at radius 1 is 0.864 bits per heavy atom. The van der Waals surface area contributed by atoms with Crippen LogP contribution in [0.15, 0.2) is 76.5 Å². The van der Waals surface area contributed by atoms with Crippen molar-refractivity contribution in [3.63, 3.8) is 0 Å². The molecule has 2 atom stereocenters. The van der Waals surface area contributed by atoms with E-state index in [-0.39, 0.29) is 15.7 Å².